The third-order valence-electron chi connectivity index (χ3n) is 4.98. The Kier molecular flexibility index (Phi) is 7.25. The number of carboxylic acid groups (broad SMARTS) is 1. The minimum atomic E-state index is -0.803. The van der Waals surface area contributed by atoms with E-state index in [1.807, 2.05) is 30.0 Å². The number of likely N-dealkylation sites (N-methyl/N-ethyl adjacent to an activating group) is 1. The zero-order valence-electron chi connectivity index (χ0n) is 15.1. The van der Waals surface area contributed by atoms with Crippen molar-refractivity contribution in [2.45, 2.75) is 51.1 Å². The van der Waals surface area contributed by atoms with Crippen LogP contribution in [0, 0.1) is 0 Å². The Balaban J connectivity index is 1.70. The Hall–Kier alpha value is -2.08. The maximum atomic E-state index is 12.1. The fourth-order valence-electron chi connectivity index (χ4n) is 3.35. The Morgan fingerprint density at radius 3 is 2.48 bits per heavy atom. The maximum Gasteiger partial charge on any atom is 0.317 e. The Bertz CT molecular complexity index is 558. The highest BCUT2D eigenvalue weighted by Crippen LogP contribution is 2.25. The molecule has 0 radical (unpaired) electrons. The van der Waals surface area contributed by atoms with E-state index in [2.05, 4.69) is 29.7 Å². The van der Waals surface area contributed by atoms with Crippen LogP contribution in [0.15, 0.2) is 30.3 Å². The smallest absolute Gasteiger partial charge is 0.317 e. The fraction of sp³-hybridized carbons (Fsp3) is 0.579. The average Bonchev–Trinajstić information content (AvgIpc) is 2.57. The Labute approximate surface area is 149 Å². The first-order valence-corrected chi connectivity index (χ1v) is 9.08. The van der Waals surface area contributed by atoms with Crippen molar-refractivity contribution >= 4 is 12.0 Å². The van der Waals surface area contributed by atoms with Crippen molar-refractivity contribution in [3.8, 4) is 0 Å². The summed E-state index contributed by atoms with van der Waals surface area (Å²) in [5.41, 5.74) is 1.24. The van der Waals surface area contributed by atoms with Gasteiger partial charge in [-0.1, -0.05) is 44.2 Å². The van der Waals surface area contributed by atoms with E-state index in [1.165, 1.54) is 5.56 Å². The van der Waals surface area contributed by atoms with Gasteiger partial charge in [0.25, 0.3) is 0 Å². The van der Waals surface area contributed by atoms with E-state index >= 15 is 0 Å². The van der Waals surface area contributed by atoms with Gasteiger partial charge >= 0.3 is 12.0 Å². The van der Waals surface area contributed by atoms with Gasteiger partial charge in [-0.3, -0.25) is 9.69 Å². The number of carbonyl (C=O) groups excluding carboxylic acids is 1. The molecule has 1 unspecified atom stereocenters. The first kappa shape index (κ1) is 19.2. The van der Waals surface area contributed by atoms with Gasteiger partial charge in [0, 0.05) is 24.5 Å². The molecule has 1 saturated carbocycles. The number of amides is 2. The largest absolute Gasteiger partial charge is 0.480 e. The van der Waals surface area contributed by atoms with Gasteiger partial charge in [-0.15, -0.1) is 0 Å². The molecule has 0 spiro atoms. The molecule has 0 aromatic heterocycles. The molecule has 3 N–H and O–H groups in total. The van der Waals surface area contributed by atoms with Crippen LogP contribution < -0.4 is 10.6 Å². The second-order valence-electron chi connectivity index (χ2n) is 6.65. The number of nitrogens with zero attached hydrogens (tertiary/aromatic N) is 1. The molecule has 0 aliphatic heterocycles. The zero-order chi connectivity index (χ0) is 18.2. The Morgan fingerprint density at radius 2 is 1.92 bits per heavy atom. The average molecular weight is 347 g/mol. The van der Waals surface area contributed by atoms with Crippen LogP contribution >= 0.6 is 0 Å². The van der Waals surface area contributed by atoms with Gasteiger partial charge in [-0.2, -0.15) is 0 Å². The van der Waals surface area contributed by atoms with Crippen LogP contribution in [0.5, 0.6) is 0 Å². The second kappa shape index (κ2) is 9.42. The lowest BCUT2D eigenvalue weighted by Gasteiger charge is -2.42. The first-order chi connectivity index (χ1) is 12.0. The van der Waals surface area contributed by atoms with Crippen LogP contribution in [0.2, 0.25) is 0 Å². The molecule has 2 rings (SSSR count). The van der Waals surface area contributed by atoms with Gasteiger partial charge in [0.1, 0.15) is 0 Å². The number of rotatable bonds is 9. The van der Waals surface area contributed by atoms with Crippen molar-refractivity contribution in [2.75, 3.05) is 19.6 Å². The van der Waals surface area contributed by atoms with Crippen molar-refractivity contribution in [1.82, 2.24) is 15.5 Å². The highest BCUT2D eigenvalue weighted by atomic mass is 16.4. The molecule has 0 heterocycles. The van der Waals surface area contributed by atoms with E-state index in [1.54, 1.807) is 0 Å². The molecule has 1 atom stereocenters. The molecule has 1 fully saturated rings. The molecule has 0 saturated heterocycles. The van der Waals surface area contributed by atoms with Crippen LogP contribution in [-0.4, -0.2) is 53.7 Å². The van der Waals surface area contributed by atoms with Gasteiger partial charge in [-0.05, 0) is 31.4 Å². The third-order valence-corrected chi connectivity index (χ3v) is 4.98. The molecule has 6 heteroatoms. The predicted molar refractivity (Wildman–Crippen MR) is 97.7 cm³/mol. The molecular formula is C19H29N3O3. The molecule has 138 valence electrons. The topological polar surface area (TPSA) is 81.7 Å². The van der Waals surface area contributed by atoms with E-state index in [9.17, 15) is 9.59 Å². The predicted octanol–water partition coefficient (Wildman–Crippen LogP) is 2.42. The summed E-state index contributed by atoms with van der Waals surface area (Å²) in [7, 11) is 0. The van der Waals surface area contributed by atoms with Crippen molar-refractivity contribution in [1.29, 1.82) is 0 Å². The lowest BCUT2D eigenvalue weighted by molar-refractivity contribution is -0.139. The molecule has 0 bridgehead atoms. The van der Waals surface area contributed by atoms with E-state index in [0.717, 1.165) is 19.3 Å². The SMILES string of the molecule is CCC(CNC(=O)NC1CC(N(CC)CC(=O)O)C1)c1ccccc1. The summed E-state index contributed by atoms with van der Waals surface area (Å²) in [5, 5.41) is 14.9. The lowest BCUT2D eigenvalue weighted by Crippen LogP contribution is -2.56. The summed E-state index contributed by atoms with van der Waals surface area (Å²) in [5.74, 6) is -0.491. The lowest BCUT2D eigenvalue weighted by atomic mass is 9.85. The number of carbonyl (C=O) groups is 2. The first-order valence-electron chi connectivity index (χ1n) is 9.08. The van der Waals surface area contributed by atoms with Gasteiger partial charge in [-0.25, -0.2) is 4.79 Å². The number of aliphatic carboxylic acids is 1. The number of nitrogens with one attached hydrogen (secondary N) is 2. The molecular weight excluding hydrogens is 318 g/mol. The van der Waals surface area contributed by atoms with Gasteiger partial charge in [0.15, 0.2) is 0 Å². The summed E-state index contributed by atoms with van der Waals surface area (Å²) in [6.07, 6.45) is 2.59. The van der Waals surface area contributed by atoms with Crippen molar-refractivity contribution < 1.29 is 14.7 Å². The number of carboxylic acids is 1. The quantitative estimate of drug-likeness (QED) is 0.641. The molecule has 1 aromatic carbocycles. The van der Waals surface area contributed by atoms with Crippen LogP contribution in [0.25, 0.3) is 0 Å². The highest BCUT2D eigenvalue weighted by molar-refractivity contribution is 5.74. The normalized spacial score (nSPS) is 20.6. The number of hydrogen-bond donors (Lipinski definition) is 3. The summed E-state index contributed by atoms with van der Waals surface area (Å²) in [6, 6.07) is 10.4. The van der Waals surface area contributed by atoms with E-state index in [0.29, 0.717) is 19.0 Å². The summed E-state index contributed by atoms with van der Waals surface area (Å²) in [6.45, 7) is 5.48. The maximum absolute atomic E-state index is 12.1. The fourth-order valence-corrected chi connectivity index (χ4v) is 3.35. The molecule has 6 nitrogen and oxygen atoms in total. The van der Waals surface area contributed by atoms with Crippen LogP contribution in [0.1, 0.15) is 44.6 Å². The summed E-state index contributed by atoms with van der Waals surface area (Å²) >= 11 is 0. The molecule has 2 amide bonds. The molecule has 25 heavy (non-hydrogen) atoms. The minimum absolute atomic E-state index is 0.0648. The minimum Gasteiger partial charge on any atom is -0.480 e. The van der Waals surface area contributed by atoms with Crippen molar-refractivity contribution in [3.63, 3.8) is 0 Å². The Morgan fingerprint density at radius 1 is 1.24 bits per heavy atom. The number of benzene rings is 1. The van der Waals surface area contributed by atoms with Gasteiger partial charge in [0.05, 0.1) is 6.54 Å². The molecule has 1 aromatic rings. The monoisotopic (exact) mass is 347 g/mol. The van der Waals surface area contributed by atoms with Crippen LogP contribution in [-0.2, 0) is 4.79 Å². The summed E-state index contributed by atoms with van der Waals surface area (Å²) < 4.78 is 0. The number of hydrogen-bond acceptors (Lipinski definition) is 3. The standard InChI is InChI=1S/C19H29N3O3/c1-3-14(15-8-6-5-7-9-15)12-20-19(25)21-16-10-17(11-16)22(4-2)13-18(23)24/h5-9,14,16-17H,3-4,10-13H2,1-2H3,(H,23,24)(H2,20,21,25). The van der Waals surface area contributed by atoms with Gasteiger partial charge < -0.3 is 15.7 Å². The number of urea groups is 1. The third kappa shape index (κ3) is 5.74. The molecule has 1 aliphatic carbocycles. The van der Waals surface area contributed by atoms with E-state index in [-0.39, 0.29) is 24.7 Å². The highest BCUT2D eigenvalue weighted by Gasteiger charge is 2.34. The second-order valence-corrected chi connectivity index (χ2v) is 6.65. The summed E-state index contributed by atoms with van der Waals surface area (Å²) in [4.78, 5) is 24.9. The van der Waals surface area contributed by atoms with E-state index < -0.39 is 5.97 Å². The molecule has 1 aliphatic rings. The van der Waals surface area contributed by atoms with Crippen LogP contribution in [0.4, 0.5) is 4.79 Å². The van der Waals surface area contributed by atoms with Crippen molar-refractivity contribution in [2.24, 2.45) is 0 Å². The van der Waals surface area contributed by atoms with Crippen LogP contribution in [0.3, 0.4) is 0 Å². The van der Waals surface area contributed by atoms with E-state index in [4.69, 9.17) is 5.11 Å². The van der Waals surface area contributed by atoms with Crippen molar-refractivity contribution in [3.05, 3.63) is 35.9 Å². The van der Waals surface area contributed by atoms with Gasteiger partial charge in [0.2, 0.25) is 0 Å². The zero-order valence-corrected chi connectivity index (χ0v) is 15.1.